The Kier molecular flexibility index (Phi) is 10.1. The molecule has 7 rings (SSSR count). The molecule has 2 saturated heterocycles. The molecule has 0 radical (unpaired) electrons. The molecule has 5 fully saturated rings. The number of rotatable bonds is 11. The maximum Gasteiger partial charge on any atom is 0.251 e. The lowest BCUT2D eigenvalue weighted by molar-refractivity contribution is -0.183. The minimum Gasteiger partial charge on any atom is -0.394 e. The fraction of sp³-hybridized carbons (Fsp3) is 0.632. The van der Waals surface area contributed by atoms with Crippen LogP contribution in [-0.2, 0) is 16.2 Å². The van der Waals surface area contributed by atoms with E-state index in [1.165, 1.54) is 12.8 Å². The Labute approximate surface area is 280 Å². The first-order valence-corrected chi connectivity index (χ1v) is 17.8. The molecule has 4 N–H and O–H groups in total. The standard InChI is InChI=1S/C38H54N4O5/c1-6-41-15-9-14-30(41)20-39-36(45)28-13-8-12-27(17-28)26-11-7-10-25(16-26)21-42-35(34(24(3)44)33(22-43)47-42)37(46)40-32-19-29-18-31(23(32)2)38(29,4)5/h7-8,10-13,16-17,23-24,29-35,43-44H,6,9,14-15,18-22H2,1-5H3,(H,39,45)(H,40,46)/t23-,24+,29?,30+,31?,32+,33+,34-,35+/m1/s1. The highest BCUT2D eigenvalue weighted by Crippen LogP contribution is 2.61. The summed E-state index contributed by atoms with van der Waals surface area (Å²) in [6, 6.07) is 15.4. The van der Waals surface area contributed by atoms with Gasteiger partial charge in [0, 0.05) is 30.1 Å². The van der Waals surface area contributed by atoms with Gasteiger partial charge in [0.05, 0.1) is 19.3 Å². The maximum atomic E-state index is 14.0. The molecule has 47 heavy (non-hydrogen) atoms. The molecule has 9 atom stereocenters. The number of nitrogens with zero attached hydrogens (tertiary/aromatic N) is 2. The van der Waals surface area contributed by atoms with Gasteiger partial charge in [-0.3, -0.25) is 19.3 Å². The number of hydrogen-bond donors (Lipinski definition) is 4. The first-order chi connectivity index (χ1) is 22.5. The summed E-state index contributed by atoms with van der Waals surface area (Å²) >= 11 is 0. The third kappa shape index (κ3) is 6.75. The van der Waals surface area contributed by atoms with Gasteiger partial charge >= 0.3 is 0 Å². The quantitative estimate of drug-likeness (QED) is 0.289. The Hall–Kier alpha value is -2.82. The summed E-state index contributed by atoms with van der Waals surface area (Å²) in [5.74, 6) is 0.767. The molecular formula is C38H54N4O5. The fourth-order valence-corrected chi connectivity index (χ4v) is 9.21. The van der Waals surface area contributed by atoms with E-state index >= 15 is 0 Å². The van der Waals surface area contributed by atoms with E-state index in [1.807, 2.05) is 42.5 Å². The number of fused-ring (bicyclic) bond motifs is 2. The lowest BCUT2D eigenvalue weighted by Gasteiger charge is -2.62. The number of nitrogens with one attached hydrogen (secondary N) is 2. The van der Waals surface area contributed by atoms with Crippen molar-refractivity contribution in [2.45, 2.75) is 97.2 Å². The summed E-state index contributed by atoms with van der Waals surface area (Å²) in [5.41, 5.74) is 3.74. The Bertz CT molecular complexity index is 1430. The summed E-state index contributed by atoms with van der Waals surface area (Å²) in [7, 11) is 0. The number of amides is 2. The van der Waals surface area contributed by atoms with Gasteiger partial charge in [-0.05, 0) is 104 Å². The molecule has 2 bridgehead atoms. The minimum atomic E-state index is -0.844. The summed E-state index contributed by atoms with van der Waals surface area (Å²) in [4.78, 5) is 35.7. The molecule has 2 aromatic carbocycles. The Morgan fingerprint density at radius 1 is 1.11 bits per heavy atom. The van der Waals surface area contributed by atoms with Gasteiger partial charge < -0.3 is 20.8 Å². The van der Waals surface area contributed by atoms with Crippen molar-refractivity contribution in [1.82, 2.24) is 20.6 Å². The number of hydroxylamine groups is 2. The molecule has 2 heterocycles. The van der Waals surface area contributed by atoms with Gasteiger partial charge in [0.1, 0.15) is 12.1 Å². The van der Waals surface area contributed by atoms with Crippen molar-refractivity contribution in [3.63, 3.8) is 0 Å². The smallest absolute Gasteiger partial charge is 0.251 e. The van der Waals surface area contributed by atoms with Gasteiger partial charge in [-0.15, -0.1) is 0 Å². The minimum absolute atomic E-state index is 0.0716. The third-order valence-corrected chi connectivity index (χ3v) is 12.2. The zero-order chi connectivity index (χ0) is 33.5. The van der Waals surface area contributed by atoms with Gasteiger partial charge in [-0.1, -0.05) is 58.0 Å². The van der Waals surface area contributed by atoms with Gasteiger partial charge in [0.25, 0.3) is 5.91 Å². The number of likely N-dealkylation sites (tertiary alicyclic amines) is 1. The van der Waals surface area contributed by atoms with Crippen LogP contribution in [0.25, 0.3) is 11.1 Å². The van der Waals surface area contributed by atoms with E-state index in [0.29, 0.717) is 47.9 Å². The molecule has 9 nitrogen and oxygen atoms in total. The molecule has 2 aromatic rings. The zero-order valence-electron chi connectivity index (χ0n) is 28.7. The first kappa shape index (κ1) is 34.1. The number of likely N-dealkylation sites (N-methyl/N-ethyl adjacent to an activating group) is 1. The third-order valence-electron chi connectivity index (χ3n) is 12.2. The molecule has 2 amide bonds. The molecular weight excluding hydrogens is 592 g/mol. The lowest BCUT2D eigenvalue weighted by Crippen LogP contribution is -2.62. The van der Waals surface area contributed by atoms with E-state index in [2.05, 4.69) is 49.3 Å². The van der Waals surface area contributed by atoms with Gasteiger partial charge in [0.15, 0.2) is 0 Å². The van der Waals surface area contributed by atoms with Crippen LogP contribution in [0.4, 0.5) is 0 Å². The molecule has 3 saturated carbocycles. The van der Waals surface area contributed by atoms with E-state index in [4.69, 9.17) is 4.84 Å². The van der Waals surface area contributed by atoms with Crippen LogP contribution in [0, 0.1) is 29.1 Å². The molecule has 2 unspecified atom stereocenters. The number of aliphatic hydroxyl groups is 2. The highest BCUT2D eigenvalue weighted by Gasteiger charge is 2.57. The zero-order valence-corrected chi connectivity index (χ0v) is 28.7. The van der Waals surface area contributed by atoms with Crippen LogP contribution >= 0.6 is 0 Å². The number of hydrogen-bond acceptors (Lipinski definition) is 7. The molecule has 5 aliphatic rings. The molecule has 0 spiro atoms. The van der Waals surface area contributed by atoms with Crippen molar-refractivity contribution in [3.8, 4) is 11.1 Å². The summed E-state index contributed by atoms with van der Waals surface area (Å²) in [6.45, 7) is 13.5. The van der Waals surface area contributed by atoms with E-state index in [-0.39, 0.29) is 24.5 Å². The van der Waals surface area contributed by atoms with Crippen LogP contribution < -0.4 is 10.6 Å². The SMILES string of the molecule is CCN1CCC[C@H]1CNC(=O)c1cccc(-c2cccc(CN3O[C@@H](CO)[C@@H]([C@H](C)O)[C@H]3C(=O)N[C@H]3CC4CC([C@H]3C)C4(C)C)c2)c1. The monoisotopic (exact) mass is 646 g/mol. The first-order valence-electron chi connectivity index (χ1n) is 17.8. The van der Waals surface area contributed by atoms with Crippen molar-refractivity contribution in [1.29, 1.82) is 0 Å². The summed E-state index contributed by atoms with van der Waals surface area (Å²) in [6.07, 6.45) is 2.94. The molecule has 0 aromatic heterocycles. The predicted octanol–water partition coefficient (Wildman–Crippen LogP) is 4.23. The van der Waals surface area contributed by atoms with Crippen LogP contribution in [0.1, 0.15) is 76.2 Å². The number of benzene rings is 2. The Balaban J connectivity index is 1.16. The van der Waals surface area contributed by atoms with Crippen LogP contribution in [0.2, 0.25) is 0 Å². The highest BCUT2D eigenvalue weighted by atomic mass is 16.7. The number of aliphatic hydroxyl groups excluding tert-OH is 2. The van der Waals surface area contributed by atoms with E-state index < -0.39 is 24.2 Å². The average Bonchev–Trinajstić information content (AvgIpc) is 3.68. The van der Waals surface area contributed by atoms with Gasteiger partial charge in [-0.25, -0.2) is 0 Å². The summed E-state index contributed by atoms with van der Waals surface area (Å²) in [5, 5.41) is 29.1. The van der Waals surface area contributed by atoms with Crippen LogP contribution in [0.15, 0.2) is 48.5 Å². The molecule has 2 aliphatic heterocycles. The second kappa shape index (κ2) is 14.0. The largest absolute Gasteiger partial charge is 0.394 e. The normalized spacial score (nSPS) is 32.5. The number of carbonyl (C=O) groups is 2. The van der Waals surface area contributed by atoms with E-state index in [0.717, 1.165) is 42.6 Å². The van der Waals surface area contributed by atoms with Crippen LogP contribution in [-0.4, -0.2) is 88.6 Å². The van der Waals surface area contributed by atoms with Crippen LogP contribution in [0.5, 0.6) is 0 Å². The van der Waals surface area contributed by atoms with Crippen molar-refractivity contribution >= 4 is 11.8 Å². The molecule has 9 heteroatoms. The second-order valence-corrected chi connectivity index (χ2v) is 15.2. The van der Waals surface area contributed by atoms with Gasteiger partial charge in [-0.2, -0.15) is 5.06 Å². The maximum absolute atomic E-state index is 14.0. The summed E-state index contributed by atoms with van der Waals surface area (Å²) < 4.78 is 0. The average molecular weight is 647 g/mol. The predicted molar refractivity (Wildman–Crippen MR) is 182 cm³/mol. The topological polar surface area (TPSA) is 114 Å². The highest BCUT2D eigenvalue weighted by molar-refractivity contribution is 5.95. The van der Waals surface area contributed by atoms with Gasteiger partial charge in [0.2, 0.25) is 5.91 Å². The lowest BCUT2D eigenvalue weighted by atomic mass is 9.45. The van der Waals surface area contributed by atoms with Crippen molar-refractivity contribution in [2.75, 3.05) is 26.2 Å². The van der Waals surface area contributed by atoms with Crippen molar-refractivity contribution in [3.05, 3.63) is 59.7 Å². The van der Waals surface area contributed by atoms with Crippen LogP contribution in [0.3, 0.4) is 0 Å². The van der Waals surface area contributed by atoms with E-state index in [9.17, 15) is 19.8 Å². The Morgan fingerprint density at radius 3 is 2.53 bits per heavy atom. The van der Waals surface area contributed by atoms with E-state index in [1.54, 1.807) is 12.0 Å². The fourth-order valence-electron chi connectivity index (χ4n) is 9.21. The second-order valence-electron chi connectivity index (χ2n) is 15.2. The van der Waals surface area contributed by atoms with Crippen molar-refractivity contribution in [2.24, 2.45) is 29.1 Å². The molecule has 256 valence electrons. The number of carbonyl (C=O) groups excluding carboxylic acids is 2. The van der Waals surface area contributed by atoms with Crippen molar-refractivity contribution < 1.29 is 24.6 Å². The Morgan fingerprint density at radius 2 is 1.85 bits per heavy atom. The molecule has 3 aliphatic carbocycles.